The van der Waals surface area contributed by atoms with Crippen LogP contribution in [0.1, 0.15) is 18.1 Å². The monoisotopic (exact) mass is 279 g/mol. The van der Waals surface area contributed by atoms with E-state index in [1.54, 1.807) is 23.5 Å². The van der Waals surface area contributed by atoms with Gasteiger partial charge in [0.1, 0.15) is 0 Å². The van der Waals surface area contributed by atoms with Crippen molar-refractivity contribution in [2.75, 3.05) is 7.11 Å². The van der Waals surface area contributed by atoms with Crippen LogP contribution >= 0.6 is 11.3 Å². The second kappa shape index (κ2) is 6.68. The fraction of sp³-hybridized carbons (Fsp3) is 0.333. The first-order valence-corrected chi connectivity index (χ1v) is 7.21. The molecule has 2 aromatic rings. The highest BCUT2D eigenvalue weighted by Crippen LogP contribution is 2.20. The summed E-state index contributed by atoms with van der Waals surface area (Å²) in [4.78, 5) is 0. The highest BCUT2D eigenvalue weighted by atomic mass is 32.1. The van der Waals surface area contributed by atoms with Crippen LogP contribution in [-0.4, -0.2) is 13.2 Å². The molecule has 0 amide bonds. The van der Waals surface area contributed by atoms with Gasteiger partial charge in [-0.2, -0.15) is 11.3 Å². The zero-order chi connectivity index (χ0) is 13.7. The largest absolute Gasteiger partial charge is 0.494 e. The van der Waals surface area contributed by atoms with Gasteiger partial charge < -0.3 is 10.1 Å². The first-order chi connectivity index (χ1) is 9.20. The molecule has 0 spiro atoms. The molecule has 19 heavy (non-hydrogen) atoms. The molecule has 1 atom stereocenters. The lowest BCUT2D eigenvalue weighted by Gasteiger charge is -2.14. The molecule has 2 nitrogen and oxygen atoms in total. The number of methoxy groups -OCH3 is 1. The van der Waals surface area contributed by atoms with Crippen LogP contribution in [0.25, 0.3) is 0 Å². The quantitative estimate of drug-likeness (QED) is 0.872. The van der Waals surface area contributed by atoms with Crippen LogP contribution < -0.4 is 10.1 Å². The lowest BCUT2D eigenvalue weighted by Crippen LogP contribution is -2.27. The Morgan fingerprint density at radius 3 is 2.89 bits per heavy atom. The molecule has 0 aliphatic carbocycles. The van der Waals surface area contributed by atoms with Crippen LogP contribution in [-0.2, 0) is 13.0 Å². The summed E-state index contributed by atoms with van der Waals surface area (Å²) in [6, 6.07) is 7.65. The highest BCUT2D eigenvalue weighted by molar-refractivity contribution is 7.07. The number of hydrogen-bond donors (Lipinski definition) is 1. The van der Waals surface area contributed by atoms with E-state index in [4.69, 9.17) is 4.74 Å². The maximum atomic E-state index is 13.9. The lowest BCUT2D eigenvalue weighted by atomic mass is 10.1. The predicted octanol–water partition coefficient (Wildman–Crippen LogP) is 3.62. The molecule has 0 aliphatic heterocycles. The number of nitrogens with one attached hydrogen (secondary N) is 1. The second-order valence-electron chi connectivity index (χ2n) is 4.55. The molecule has 1 aromatic heterocycles. The molecule has 1 heterocycles. The Morgan fingerprint density at radius 2 is 2.21 bits per heavy atom. The Kier molecular flexibility index (Phi) is 4.93. The zero-order valence-electron chi connectivity index (χ0n) is 11.2. The van der Waals surface area contributed by atoms with Gasteiger partial charge in [-0.25, -0.2) is 4.39 Å². The molecule has 1 aromatic carbocycles. The highest BCUT2D eigenvalue weighted by Gasteiger charge is 2.09. The van der Waals surface area contributed by atoms with E-state index in [0.29, 0.717) is 23.9 Å². The van der Waals surface area contributed by atoms with E-state index in [9.17, 15) is 4.39 Å². The van der Waals surface area contributed by atoms with E-state index >= 15 is 0 Å². The van der Waals surface area contributed by atoms with Crippen molar-refractivity contribution < 1.29 is 9.13 Å². The summed E-state index contributed by atoms with van der Waals surface area (Å²) in [5.74, 6) is 0.0185. The number of ether oxygens (including phenoxy) is 1. The lowest BCUT2D eigenvalue weighted by molar-refractivity contribution is 0.382. The third-order valence-electron chi connectivity index (χ3n) is 3.03. The molecule has 0 radical (unpaired) electrons. The first kappa shape index (κ1) is 14.0. The van der Waals surface area contributed by atoms with Crippen molar-refractivity contribution in [2.45, 2.75) is 25.9 Å². The van der Waals surface area contributed by atoms with Gasteiger partial charge in [0, 0.05) is 18.2 Å². The molecule has 0 saturated heterocycles. The van der Waals surface area contributed by atoms with Gasteiger partial charge in [0.2, 0.25) is 0 Å². The smallest absolute Gasteiger partial charge is 0.169 e. The van der Waals surface area contributed by atoms with Crippen molar-refractivity contribution in [2.24, 2.45) is 0 Å². The fourth-order valence-electron chi connectivity index (χ4n) is 1.97. The summed E-state index contributed by atoms with van der Waals surface area (Å²) in [6.07, 6.45) is 0.953. The molecule has 1 unspecified atom stereocenters. The number of benzene rings is 1. The van der Waals surface area contributed by atoms with Gasteiger partial charge in [0.25, 0.3) is 0 Å². The van der Waals surface area contributed by atoms with E-state index in [0.717, 1.165) is 6.42 Å². The van der Waals surface area contributed by atoms with Crippen LogP contribution in [0.5, 0.6) is 5.75 Å². The number of thiophene rings is 1. The minimum Gasteiger partial charge on any atom is -0.494 e. The van der Waals surface area contributed by atoms with Crippen LogP contribution in [0.4, 0.5) is 4.39 Å². The van der Waals surface area contributed by atoms with Gasteiger partial charge in [-0.3, -0.25) is 0 Å². The molecular formula is C15H18FNOS. The van der Waals surface area contributed by atoms with E-state index < -0.39 is 0 Å². The molecular weight excluding hydrogens is 261 g/mol. The van der Waals surface area contributed by atoms with Gasteiger partial charge in [-0.1, -0.05) is 12.1 Å². The Morgan fingerprint density at radius 1 is 1.37 bits per heavy atom. The molecule has 4 heteroatoms. The average Bonchev–Trinajstić information content (AvgIpc) is 2.90. The molecule has 0 aliphatic rings. The van der Waals surface area contributed by atoms with Gasteiger partial charge in [-0.15, -0.1) is 0 Å². The molecule has 0 saturated carbocycles. The van der Waals surface area contributed by atoms with Gasteiger partial charge in [0.05, 0.1) is 7.11 Å². The van der Waals surface area contributed by atoms with Gasteiger partial charge in [0.15, 0.2) is 11.6 Å². The van der Waals surface area contributed by atoms with Crippen molar-refractivity contribution in [1.29, 1.82) is 0 Å². The number of halogens is 1. The van der Waals surface area contributed by atoms with Gasteiger partial charge >= 0.3 is 0 Å². The van der Waals surface area contributed by atoms with Crippen LogP contribution in [0.3, 0.4) is 0 Å². The Hall–Kier alpha value is -1.39. The molecule has 1 N–H and O–H groups in total. The summed E-state index contributed by atoms with van der Waals surface area (Å²) in [7, 11) is 1.48. The molecule has 102 valence electrons. The second-order valence-corrected chi connectivity index (χ2v) is 5.33. The maximum Gasteiger partial charge on any atom is 0.169 e. The Bertz CT molecular complexity index is 513. The molecule has 0 bridgehead atoms. The molecule has 2 rings (SSSR count). The average molecular weight is 279 g/mol. The summed E-state index contributed by atoms with van der Waals surface area (Å²) in [6.45, 7) is 2.62. The summed E-state index contributed by atoms with van der Waals surface area (Å²) in [5.41, 5.74) is 1.95. The first-order valence-electron chi connectivity index (χ1n) is 6.26. The maximum absolute atomic E-state index is 13.9. The third kappa shape index (κ3) is 3.78. The summed E-state index contributed by atoms with van der Waals surface area (Å²) >= 11 is 1.70. The van der Waals surface area contributed by atoms with Crippen molar-refractivity contribution in [3.63, 3.8) is 0 Å². The topological polar surface area (TPSA) is 21.3 Å². The van der Waals surface area contributed by atoms with Crippen LogP contribution in [0, 0.1) is 5.82 Å². The van der Waals surface area contributed by atoms with Crippen LogP contribution in [0.2, 0.25) is 0 Å². The minimum absolute atomic E-state index is 0.278. The Labute approximate surface area is 117 Å². The summed E-state index contributed by atoms with van der Waals surface area (Å²) < 4.78 is 18.9. The van der Waals surface area contributed by atoms with Gasteiger partial charge in [-0.05, 0) is 41.8 Å². The predicted molar refractivity (Wildman–Crippen MR) is 77.3 cm³/mol. The minimum atomic E-state index is -0.278. The molecule has 0 fully saturated rings. The third-order valence-corrected chi connectivity index (χ3v) is 3.76. The van der Waals surface area contributed by atoms with Crippen molar-refractivity contribution in [3.05, 3.63) is 52.0 Å². The van der Waals surface area contributed by atoms with E-state index in [-0.39, 0.29) is 5.82 Å². The Balaban J connectivity index is 1.91. The SMILES string of the molecule is COc1cccc(CNC(C)Cc2ccsc2)c1F. The number of hydrogen-bond acceptors (Lipinski definition) is 3. The van der Waals surface area contributed by atoms with E-state index in [2.05, 4.69) is 29.1 Å². The zero-order valence-corrected chi connectivity index (χ0v) is 12.0. The number of rotatable bonds is 6. The normalized spacial score (nSPS) is 12.4. The summed E-state index contributed by atoms with van der Waals surface area (Å²) in [5, 5.41) is 7.55. The van der Waals surface area contributed by atoms with E-state index in [1.807, 2.05) is 6.07 Å². The van der Waals surface area contributed by atoms with Crippen molar-refractivity contribution in [3.8, 4) is 5.75 Å². The standard InChI is InChI=1S/C15H18FNOS/c1-11(8-12-6-7-19-10-12)17-9-13-4-3-5-14(18-2)15(13)16/h3-7,10-11,17H,8-9H2,1-2H3. The fourth-order valence-corrected chi connectivity index (χ4v) is 2.65. The van der Waals surface area contributed by atoms with Crippen LogP contribution in [0.15, 0.2) is 35.0 Å². The van der Waals surface area contributed by atoms with E-state index in [1.165, 1.54) is 12.7 Å². The van der Waals surface area contributed by atoms with Crippen molar-refractivity contribution in [1.82, 2.24) is 5.32 Å². The van der Waals surface area contributed by atoms with Crippen molar-refractivity contribution >= 4 is 11.3 Å².